The molecule has 9 aromatic carbocycles. The van der Waals surface area contributed by atoms with E-state index in [1.165, 1.54) is 71.4 Å². The summed E-state index contributed by atoms with van der Waals surface area (Å²) >= 11 is 0. The summed E-state index contributed by atoms with van der Waals surface area (Å²) in [6.07, 6.45) is 0. The van der Waals surface area contributed by atoms with E-state index in [1.807, 2.05) is 6.07 Å². The van der Waals surface area contributed by atoms with Gasteiger partial charge in [-0.3, -0.25) is 0 Å². The maximum Gasteiger partial charge on any atom is 0.161 e. The van der Waals surface area contributed by atoms with Crippen molar-refractivity contribution in [2.24, 2.45) is 0 Å². The lowest BCUT2D eigenvalue weighted by atomic mass is 9.84. The summed E-state index contributed by atoms with van der Waals surface area (Å²) in [5, 5.41) is 7.38. The molecule has 0 atom stereocenters. The third-order valence-corrected chi connectivity index (χ3v) is 11.0. The molecule has 0 N–H and O–H groups in total. The molecule has 250 valence electrons. The van der Waals surface area contributed by atoms with Gasteiger partial charge in [0.15, 0.2) is 5.82 Å². The van der Waals surface area contributed by atoms with E-state index in [0.717, 1.165) is 39.3 Å². The van der Waals surface area contributed by atoms with Crippen LogP contribution in [0.4, 0.5) is 0 Å². The topological polar surface area (TPSA) is 25.8 Å². The van der Waals surface area contributed by atoms with Gasteiger partial charge < -0.3 is 0 Å². The molecule has 2 heteroatoms. The number of aromatic nitrogens is 2. The van der Waals surface area contributed by atoms with Crippen LogP contribution in [0.15, 0.2) is 194 Å². The van der Waals surface area contributed by atoms with Gasteiger partial charge in [0.05, 0.1) is 11.4 Å². The first kappa shape index (κ1) is 30.5. The monoisotopic (exact) mass is 684 g/mol. The summed E-state index contributed by atoms with van der Waals surface area (Å²) in [7, 11) is 0. The lowest BCUT2D eigenvalue weighted by molar-refractivity contribution is 1.19. The van der Waals surface area contributed by atoms with Crippen LogP contribution in [0.2, 0.25) is 0 Å². The summed E-state index contributed by atoms with van der Waals surface area (Å²) < 4.78 is 0. The van der Waals surface area contributed by atoms with Gasteiger partial charge in [-0.1, -0.05) is 188 Å². The van der Waals surface area contributed by atoms with Crippen molar-refractivity contribution in [3.63, 3.8) is 0 Å². The highest BCUT2D eigenvalue weighted by Crippen LogP contribution is 2.52. The highest BCUT2D eigenvalue weighted by Gasteiger charge is 2.25. The van der Waals surface area contributed by atoms with Crippen molar-refractivity contribution in [3.05, 3.63) is 194 Å². The molecule has 0 radical (unpaired) electrons. The Kier molecular flexibility index (Phi) is 6.90. The summed E-state index contributed by atoms with van der Waals surface area (Å²) in [6, 6.07) is 69.8. The zero-order valence-electron chi connectivity index (χ0n) is 29.4. The predicted molar refractivity (Wildman–Crippen MR) is 226 cm³/mol. The molecule has 1 heterocycles. The quantitative estimate of drug-likeness (QED) is 0.172. The smallest absolute Gasteiger partial charge is 0.161 e. The van der Waals surface area contributed by atoms with E-state index in [-0.39, 0.29) is 0 Å². The molecule has 0 saturated heterocycles. The third-order valence-electron chi connectivity index (χ3n) is 11.0. The largest absolute Gasteiger partial charge is 0.228 e. The van der Waals surface area contributed by atoms with Crippen molar-refractivity contribution >= 4 is 32.3 Å². The molecule has 2 nitrogen and oxygen atoms in total. The van der Waals surface area contributed by atoms with Crippen molar-refractivity contribution in [2.75, 3.05) is 0 Å². The SMILES string of the molecule is c1ccc(-c2cc(-c3ccc(-c4c5ccccc5c5c6c(cccc46)-c4ccccc4-c4ccccc4-5)cc3)nc(-c3cccc4ccccc34)n2)cc1. The third kappa shape index (κ3) is 4.74. The molecular formula is C52H32N2. The van der Waals surface area contributed by atoms with Crippen molar-refractivity contribution < 1.29 is 0 Å². The van der Waals surface area contributed by atoms with Gasteiger partial charge in [0, 0.05) is 16.7 Å². The molecule has 54 heavy (non-hydrogen) atoms. The Labute approximate surface area is 313 Å². The molecule has 0 fully saturated rings. The van der Waals surface area contributed by atoms with Crippen molar-refractivity contribution in [1.29, 1.82) is 0 Å². The zero-order valence-corrected chi connectivity index (χ0v) is 29.4. The Balaban J connectivity index is 1.13. The standard InChI is InChI=1S/C52H32N2/c1-2-15-34(16-3-1)47-32-48(54-52(53-47)45-26-12-17-33-14-4-5-18-37(33)45)35-28-30-36(31-29-35)49-43-23-10-11-24-44(43)50-41-22-9-8-21-39(41)38-19-6-7-20-40(38)42-25-13-27-46(49)51(42)50/h1-32H. The highest BCUT2D eigenvalue weighted by atomic mass is 14.9. The molecule has 0 saturated carbocycles. The second-order valence-corrected chi connectivity index (χ2v) is 14.0. The Hall–Kier alpha value is -7.16. The fourth-order valence-electron chi connectivity index (χ4n) is 8.63. The first-order chi connectivity index (χ1) is 26.8. The minimum Gasteiger partial charge on any atom is -0.228 e. The van der Waals surface area contributed by atoms with Gasteiger partial charge in [-0.15, -0.1) is 0 Å². The van der Waals surface area contributed by atoms with Crippen molar-refractivity contribution in [2.45, 2.75) is 0 Å². The number of benzene rings is 9. The number of rotatable bonds is 4. The van der Waals surface area contributed by atoms with Gasteiger partial charge in [0.25, 0.3) is 0 Å². The van der Waals surface area contributed by atoms with E-state index >= 15 is 0 Å². The molecule has 0 aliphatic heterocycles. The molecule has 0 amide bonds. The summed E-state index contributed by atoms with van der Waals surface area (Å²) in [5.74, 6) is 0.721. The Bertz CT molecular complexity index is 3080. The second kappa shape index (κ2) is 12.2. The highest BCUT2D eigenvalue weighted by molar-refractivity contribution is 6.27. The summed E-state index contributed by atoms with van der Waals surface area (Å²) in [6.45, 7) is 0. The molecule has 1 aliphatic rings. The van der Waals surface area contributed by atoms with E-state index in [2.05, 4.69) is 188 Å². The molecular weight excluding hydrogens is 653 g/mol. The van der Waals surface area contributed by atoms with Gasteiger partial charge in [-0.05, 0) is 82.9 Å². The molecule has 1 aromatic heterocycles. The van der Waals surface area contributed by atoms with Crippen LogP contribution in [0.25, 0.3) is 111 Å². The first-order valence-corrected chi connectivity index (χ1v) is 18.5. The lowest BCUT2D eigenvalue weighted by Crippen LogP contribution is -1.96. The first-order valence-electron chi connectivity index (χ1n) is 18.5. The van der Waals surface area contributed by atoms with Crippen LogP contribution in [-0.2, 0) is 0 Å². The van der Waals surface area contributed by atoms with Crippen LogP contribution in [0.5, 0.6) is 0 Å². The van der Waals surface area contributed by atoms with Gasteiger partial charge in [0.1, 0.15) is 0 Å². The summed E-state index contributed by atoms with van der Waals surface area (Å²) in [4.78, 5) is 10.4. The zero-order chi connectivity index (χ0) is 35.6. The van der Waals surface area contributed by atoms with Crippen LogP contribution >= 0.6 is 0 Å². The van der Waals surface area contributed by atoms with E-state index in [4.69, 9.17) is 9.97 Å². The van der Waals surface area contributed by atoms with Crippen molar-refractivity contribution in [3.8, 4) is 78.4 Å². The average molecular weight is 685 g/mol. The van der Waals surface area contributed by atoms with Gasteiger partial charge in [-0.25, -0.2) is 9.97 Å². The minimum atomic E-state index is 0.721. The second-order valence-electron chi connectivity index (χ2n) is 14.0. The van der Waals surface area contributed by atoms with Gasteiger partial charge >= 0.3 is 0 Å². The molecule has 1 aliphatic carbocycles. The lowest BCUT2D eigenvalue weighted by Gasteiger charge is -2.19. The predicted octanol–water partition coefficient (Wildman–Crippen LogP) is 13.9. The fraction of sp³-hybridized carbons (Fsp3) is 0. The normalized spacial score (nSPS) is 11.7. The molecule has 10 aromatic rings. The Morgan fingerprint density at radius 1 is 0.278 bits per heavy atom. The average Bonchev–Trinajstić information content (AvgIpc) is 3.38. The number of hydrogen-bond donors (Lipinski definition) is 0. The van der Waals surface area contributed by atoms with Crippen LogP contribution in [0, 0.1) is 0 Å². The number of nitrogens with zero attached hydrogens (tertiary/aromatic N) is 2. The molecule has 0 bridgehead atoms. The van der Waals surface area contributed by atoms with Crippen LogP contribution in [0.1, 0.15) is 0 Å². The van der Waals surface area contributed by atoms with Crippen LogP contribution < -0.4 is 0 Å². The van der Waals surface area contributed by atoms with E-state index in [1.54, 1.807) is 0 Å². The minimum absolute atomic E-state index is 0.721. The number of hydrogen-bond acceptors (Lipinski definition) is 2. The summed E-state index contributed by atoms with van der Waals surface area (Å²) in [5.41, 5.74) is 15.0. The van der Waals surface area contributed by atoms with Gasteiger partial charge in [-0.2, -0.15) is 0 Å². The maximum absolute atomic E-state index is 5.24. The van der Waals surface area contributed by atoms with E-state index in [9.17, 15) is 0 Å². The Morgan fingerprint density at radius 2 is 0.741 bits per heavy atom. The maximum atomic E-state index is 5.24. The van der Waals surface area contributed by atoms with E-state index < -0.39 is 0 Å². The molecule has 11 rings (SSSR count). The number of fused-ring (bicyclic) bond motifs is 8. The van der Waals surface area contributed by atoms with E-state index in [0.29, 0.717) is 0 Å². The Morgan fingerprint density at radius 3 is 1.48 bits per heavy atom. The molecule has 0 spiro atoms. The van der Waals surface area contributed by atoms with Gasteiger partial charge in [0.2, 0.25) is 0 Å². The van der Waals surface area contributed by atoms with Crippen LogP contribution in [0.3, 0.4) is 0 Å². The fourth-order valence-corrected chi connectivity index (χ4v) is 8.63. The van der Waals surface area contributed by atoms with Crippen LogP contribution in [-0.4, -0.2) is 9.97 Å². The van der Waals surface area contributed by atoms with Crippen molar-refractivity contribution in [1.82, 2.24) is 9.97 Å². The molecule has 0 unspecified atom stereocenters.